The number of nitrogens with one attached hydrogen (secondary N) is 2. The summed E-state index contributed by atoms with van der Waals surface area (Å²) in [7, 11) is 0. The first kappa shape index (κ1) is 22.2. The third kappa shape index (κ3) is 7.80. The highest BCUT2D eigenvalue weighted by molar-refractivity contribution is 7.99. The monoisotopic (exact) mass is 464 g/mol. The maximum Gasteiger partial charge on any atom is 0.225 e. The summed E-state index contributed by atoms with van der Waals surface area (Å²) in [5.74, 6) is 0.961. The minimum atomic E-state index is -0.124. The molecule has 0 fully saturated rings. The summed E-state index contributed by atoms with van der Waals surface area (Å²) in [6, 6.07) is 9.82. The van der Waals surface area contributed by atoms with Crippen molar-refractivity contribution in [3.05, 3.63) is 56.5 Å². The minimum absolute atomic E-state index is 0.124. The largest absolute Gasteiger partial charge is 0.326 e. The highest BCUT2D eigenvalue weighted by Gasteiger charge is 2.07. The topological polar surface area (TPSA) is 58.2 Å². The number of amides is 2. The summed E-state index contributed by atoms with van der Waals surface area (Å²) in [4.78, 5) is 23.8. The predicted molar refractivity (Wildman–Crippen MR) is 117 cm³/mol. The fraction of sp³-hybridized carbons (Fsp3) is 0.222. The van der Waals surface area contributed by atoms with E-state index in [0.717, 1.165) is 0 Å². The van der Waals surface area contributed by atoms with Crippen LogP contribution in [0.5, 0.6) is 0 Å². The molecule has 0 heterocycles. The molecule has 0 saturated carbocycles. The standard InChI is InChI=1S/C18H16Cl4N2O2S/c19-13-3-1-11(9-15(13)21)23-17(25)5-7-27-8-6-18(26)24-12-2-4-14(20)16(22)10-12/h1-4,9-10H,5-8H2,(H,23,25)(H,24,26). The first-order chi connectivity index (χ1) is 12.8. The van der Waals surface area contributed by atoms with Gasteiger partial charge < -0.3 is 10.6 Å². The Morgan fingerprint density at radius 2 is 1.11 bits per heavy atom. The molecular formula is C18H16Cl4N2O2S. The van der Waals surface area contributed by atoms with Crippen LogP contribution in [0.25, 0.3) is 0 Å². The van der Waals surface area contributed by atoms with Crippen LogP contribution < -0.4 is 10.6 Å². The molecule has 4 nitrogen and oxygen atoms in total. The van der Waals surface area contributed by atoms with Crippen molar-refractivity contribution in [1.29, 1.82) is 0 Å². The van der Waals surface area contributed by atoms with Gasteiger partial charge in [0.25, 0.3) is 0 Å². The van der Waals surface area contributed by atoms with E-state index in [1.807, 2.05) is 0 Å². The summed E-state index contributed by atoms with van der Waals surface area (Å²) in [5.41, 5.74) is 1.20. The predicted octanol–water partition coefficient (Wildman–Crippen LogP) is 6.39. The maximum atomic E-state index is 11.9. The Balaban J connectivity index is 1.63. The van der Waals surface area contributed by atoms with Gasteiger partial charge in [-0.3, -0.25) is 9.59 Å². The molecule has 2 aromatic carbocycles. The van der Waals surface area contributed by atoms with Gasteiger partial charge in [0.2, 0.25) is 11.8 Å². The fourth-order valence-corrected chi connectivity index (χ4v) is 3.49. The molecular weight excluding hydrogens is 450 g/mol. The van der Waals surface area contributed by atoms with Gasteiger partial charge >= 0.3 is 0 Å². The molecule has 2 amide bonds. The quantitative estimate of drug-likeness (QED) is 0.444. The van der Waals surface area contributed by atoms with Crippen LogP contribution in [0.3, 0.4) is 0 Å². The fourth-order valence-electron chi connectivity index (χ4n) is 2.03. The summed E-state index contributed by atoms with van der Waals surface area (Å²) in [6.45, 7) is 0. The molecule has 2 aromatic rings. The Kier molecular flexibility index (Phi) is 9.06. The molecule has 144 valence electrons. The van der Waals surface area contributed by atoms with Crippen LogP contribution in [-0.2, 0) is 9.59 Å². The van der Waals surface area contributed by atoms with E-state index in [1.54, 1.807) is 36.4 Å². The van der Waals surface area contributed by atoms with Crippen molar-refractivity contribution < 1.29 is 9.59 Å². The molecule has 0 unspecified atom stereocenters. The molecule has 0 aliphatic carbocycles. The molecule has 27 heavy (non-hydrogen) atoms. The van der Waals surface area contributed by atoms with Gasteiger partial charge in [-0.05, 0) is 36.4 Å². The second kappa shape index (κ2) is 11.0. The Morgan fingerprint density at radius 1 is 0.704 bits per heavy atom. The van der Waals surface area contributed by atoms with Crippen LogP contribution in [0.2, 0.25) is 20.1 Å². The number of hydrogen-bond acceptors (Lipinski definition) is 3. The Labute approximate surface area is 181 Å². The van der Waals surface area contributed by atoms with Gasteiger partial charge in [0, 0.05) is 35.7 Å². The number of thioether (sulfide) groups is 1. The first-order valence-corrected chi connectivity index (χ1v) is 10.6. The second-order valence-electron chi connectivity index (χ2n) is 5.47. The maximum absolute atomic E-state index is 11.9. The van der Waals surface area contributed by atoms with Gasteiger partial charge in [-0.15, -0.1) is 0 Å². The third-order valence-corrected chi connectivity index (χ3v) is 5.82. The molecule has 0 saturated heterocycles. The van der Waals surface area contributed by atoms with E-state index in [2.05, 4.69) is 10.6 Å². The Bertz CT molecular complexity index is 766. The normalized spacial score (nSPS) is 10.5. The van der Waals surface area contributed by atoms with Gasteiger partial charge in [-0.25, -0.2) is 0 Å². The molecule has 0 aromatic heterocycles. The second-order valence-corrected chi connectivity index (χ2v) is 8.32. The van der Waals surface area contributed by atoms with Crippen molar-refractivity contribution >= 4 is 81.4 Å². The Morgan fingerprint density at radius 3 is 1.48 bits per heavy atom. The number of anilines is 2. The zero-order chi connectivity index (χ0) is 19.8. The minimum Gasteiger partial charge on any atom is -0.326 e. The van der Waals surface area contributed by atoms with Gasteiger partial charge in [-0.2, -0.15) is 11.8 Å². The van der Waals surface area contributed by atoms with E-state index in [4.69, 9.17) is 46.4 Å². The van der Waals surface area contributed by atoms with E-state index < -0.39 is 0 Å². The number of rotatable bonds is 8. The lowest BCUT2D eigenvalue weighted by Gasteiger charge is -2.07. The molecule has 0 bridgehead atoms. The third-order valence-electron chi connectivity index (χ3n) is 3.35. The van der Waals surface area contributed by atoms with Crippen molar-refractivity contribution in [3.63, 3.8) is 0 Å². The van der Waals surface area contributed by atoms with Crippen LogP contribution in [-0.4, -0.2) is 23.3 Å². The van der Waals surface area contributed by atoms with E-state index in [1.165, 1.54) is 11.8 Å². The molecule has 0 radical (unpaired) electrons. The smallest absolute Gasteiger partial charge is 0.225 e. The number of hydrogen-bond donors (Lipinski definition) is 2. The van der Waals surface area contributed by atoms with Crippen molar-refractivity contribution in [1.82, 2.24) is 0 Å². The molecule has 0 aliphatic rings. The number of carbonyl (C=O) groups is 2. The van der Waals surface area contributed by atoms with Gasteiger partial charge in [0.1, 0.15) is 0 Å². The highest BCUT2D eigenvalue weighted by Crippen LogP contribution is 2.26. The van der Waals surface area contributed by atoms with E-state index in [0.29, 0.717) is 55.8 Å². The summed E-state index contributed by atoms with van der Waals surface area (Å²) < 4.78 is 0. The van der Waals surface area contributed by atoms with Gasteiger partial charge in [-0.1, -0.05) is 46.4 Å². The SMILES string of the molecule is O=C(CCSCCC(=O)Nc1ccc(Cl)c(Cl)c1)Nc1ccc(Cl)c(Cl)c1. The average molecular weight is 466 g/mol. The summed E-state index contributed by atoms with van der Waals surface area (Å²) >= 11 is 25.0. The van der Waals surface area contributed by atoms with Crippen LogP contribution in [0.4, 0.5) is 11.4 Å². The van der Waals surface area contributed by atoms with Crippen LogP contribution in [0, 0.1) is 0 Å². The zero-order valence-corrected chi connectivity index (χ0v) is 17.9. The zero-order valence-electron chi connectivity index (χ0n) is 14.0. The molecule has 0 atom stereocenters. The van der Waals surface area contributed by atoms with Crippen molar-refractivity contribution in [3.8, 4) is 0 Å². The molecule has 0 aliphatic heterocycles. The average Bonchev–Trinajstić information content (AvgIpc) is 2.61. The Hall–Kier alpha value is -1.11. The van der Waals surface area contributed by atoms with Gasteiger partial charge in [0.05, 0.1) is 20.1 Å². The van der Waals surface area contributed by atoms with Crippen molar-refractivity contribution in [2.24, 2.45) is 0 Å². The molecule has 2 N–H and O–H groups in total. The molecule has 0 spiro atoms. The van der Waals surface area contributed by atoms with Crippen molar-refractivity contribution in [2.75, 3.05) is 22.1 Å². The highest BCUT2D eigenvalue weighted by atomic mass is 35.5. The summed E-state index contributed by atoms with van der Waals surface area (Å²) in [5, 5.41) is 7.15. The number of benzene rings is 2. The summed E-state index contributed by atoms with van der Waals surface area (Å²) in [6.07, 6.45) is 0.665. The van der Waals surface area contributed by atoms with Crippen molar-refractivity contribution in [2.45, 2.75) is 12.8 Å². The van der Waals surface area contributed by atoms with Crippen LogP contribution in [0.1, 0.15) is 12.8 Å². The lowest BCUT2D eigenvalue weighted by atomic mass is 10.3. The van der Waals surface area contributed by atoms with Crippen LogP contribution in [0.15, 0.2) is 36.4 Å². The first-order valence-electron chi connectivity index (χ1n) is 7.92. The lowest BCUT2D eigenvalue weighted by Crippen LogP contribution is -2.14. The number of carbonyl (C=O) groups excluding carboxylic acids is 2. The van der Waals surface area contributed by atoms with Crippen LogP contribution >= 0.6 is 58.2 Å². The van der Waals surface area contributed by atoms with E-state index >= 15 is 0 Å². The van der Waals surface area contributed by atoms with Gasteiger partial charge in [0.15, 0.2) is 0 Å². The molecule has 9 heteroatoms. The van der Waals surface area contributed by atoms with E-state index in [-0.39, 0.29) is 11.8 Å². The lowest BCUT2D eigenvalue weighted by molar-refractivity contribution is -0.116. The number of halogens is 4. The van der Waals surface area contributed by atoms with E-state index in [9.17, 15) is 9.59 Å². The molecule has 2 rings (SSSR count).